The second-order valence-corrected chi connectivity index (χ2v) is 8.73. The largest absolute Gasteiger partial charge is 0.465 e. The number of nitrogens with one attached hydrogen (secondary N) is 2. The van der Waals surface area contributed by atoms with E-state index in [-0.39, 0.29) is 6.10 Å². The molecule has 0 saturated heterocycles. The van der Waals surface area contributed by atoms with E-state index in [4.69, 9.17) is 4.74 Å². The lowest BCUT2D eigenvalue weighted by Crippen LogP contribution is -2.20. The molecule has 33 heavy (non-hydrogen) atoms. The van der Waals surface area contributed by atoms with Gasteiger partial charge in [-0.25, -0.2) is 22.9 Å². The number of ether oxygens (including phenoxy) is 1. The van der Waals surface area contributed by atoms with Crippen LogP contribution in [-0.2, 0) is 9.53 Å². The second kappa shape index (κ2) is 10.0. The monoisotopic (exact) mass is 475 g/mol. The van der Waals surface area contributed by atoms with Gasteiger partial charge in [0.05, 0.1) is 15.6 Å². The summed E-state index contributed by atoms with van der Waals surface area (Å²) in [6, 6.07) is 7.15. The Kier molecular flexibility index (Phi) is 6.93. The number of anilines is 2. The van der Waals surface area contributed by atoms with Gasteiger partial charge in [-0.05, 0) is 43.4 Å². The van der Waals surface area contributed by atoms with Gasteiger partial charge in [-0.1, -0.05) is 12.1 Å². The fourth-order valence-electron chi connectivity index (χ4n) is 3.76. The molecule has 172 valence electrons. The Morgan fingerprint density at radius 3 is 2.39 bits per heavy atom. The molecule has 1 aliphatic carbocycles. The van der Waals surface area contributed by atoms with E-state index in [1.165, 1.54) is 0 Å². The van der Waals surface area contributed by atoms with Crippen LogP contribution < -0.4 is 10.6 Å². The maximum absolute atomic E-state index is 13.7. The van der Waals surface area contributed by atoms with E-state index in [0.29, 0.717) is 30.2 Å². The van der Waals surface area contributed by atoms with Crippen LogP contribution in [0, 0.1) is 17.5 Å². The maximum Gasteiger partial charge on any atom is 0.323 e. The number of hydrogen-bond acceptors (Lipinski definition) is 5. The van der Waals surface area contributed by atoms with Crippen molar-refractivity contribution in [1.29, 1.82) is 0 Å². The van der Waals surface area contributed by atoms with Gasteiger partial charge < -0.3 is 15.4 Å². The molecule has 0 unspecified atom stereocenters. The van der Waals surface area contributed by atoms with Crippen LogP contribution in [0.15, 0.2) is 42.6 Å². The Labute approximate surface area is 191 Å². The molecule has 0 spiro atoms. The molecule has 1 fully saturated rings. The van der Waals surface area contributed by atoms with Crippen LogP contribution in [0.25, 0.3) is 10.4 Å². The van der Waals surface area contributed by atoms with E-state index in [9.17, 15) is 22.8 Å². The van der Waals surface area contributed by atoms with Crippen LogP contribution in [0.5, 0.6) is 0 Å². The topological polar surface area (TPSA) is 80.3 Å². The van der Waals surface area contributed by atoms with Crippen LogP contribution in [0.2, 0.25) is 0 Å². The Morgan fingerprint density at radius 2 is 1.70 bits per heavy atom. The minimum atomic E-state index is -1.33. The lowest BCUT2D eigenvalue weighted by Gasteiger charge is -2.25. The summed E-state index contributed by atoms with van der Waals surface area (Å²) in [5.41, 5.74) is 0.902. The van der Waals surface area contributed by atoms with Crippen LogP contribution >= 0.6 is 11.3 Å². The predicted molar refractivity (Wildman–Crippen MR) is 119 cm³/mol. The number of thiazole rings is 1. The number of aromatic nitrogens is 1. The number of hydrogen-bond donors (Lipinski definition) is 2. The van der Waals surface area contributed by atoms with Crippen molar-refractivity contribution in [3.63, 3.8) is 0 Å². The average Bonchev–Trinajstić information content (AvgIpc) is 3.29. The van der Waals surface area contributed by atoms with Gasteiger partial charge in [0, 0.05) is 29.9 Å². The fraction of sp³-hybridized carbons (Fsp3) is 0.261. The van der Waals surface area contributed by atoms with Crippen molar-refractivity contribution in [3.8, 4) is 10.4 Å². The Bertz CT molecular complexity index is 1150. The highest BCUT2D eigenvalue weighted by molar-refractivity contribution is 7.15. The summed E-state index contributed by atoms with van der Waals surface area (Å²) in [6.07, 6.45) is 5.30. The van der Waals surface area contributed by atoms with Crippen molar-refractivity contribution in [2.24, 2.45) is 0 Å². The highest BCUT2D eigenvalue weighted by Gasteiger charge is 2.25. The number of amides is 2. The lowest BCUT2D eigenvalue weighted by atomic mass is 9.88. The summed E-state index contributed by atoms with van der Waals surface area (Å²) in [4.78, 5) is 28.1. The number of carbonyl (C=O) groups excluding carboxylic acids is 2. The zero-order valence-corrected chi connectivity index (χ0v) is 18.1. The quantitative estimate of drug-likeness (QED) is 0.335. The van der Waals surface area contributed by atoms with E-state index < -0.39 is 29.2 Å². The molecule has 0 aliphatic heterocycles. The van der Waals surface area contributed by atoms with E-state index in [1.807, 2.05) is 18.3 Å². The molecule has 10 heteroatoms. The van der Waals surface area contributed by atoms with Gasteiger partial charge in [-0.3, -0.25) is 4.79 Å². The van der Waals surface area contributed by atoms with Crippen LogP contribution in [0.4, 0.5) is 29.3 Å². The zero-order valence-electron chi connectivity index (χ0n) is 17.3. The smallest absolute Gasteiger partial charge is 0.323 e. The van der Waals surface area contributed by atoms with E-state index >= 15 is 0 Å². The predicted octanol–water partition coefficient (Wildman–Crippen LogP) is 6.07. The number of benzene rings is 2. The van der Waals surface area contributed by atoms with Crippen molar-refractivity contribution in [3.05, 3.63) is 65.1 Å². The molecule has 0 bridgehead atoms. The number of nitrogens with zero attached hydrogens (tertiary/aromatic N) is 1. The van der Waals surface area contributed by atoms with Crippen LogP contribution in [0.1, 0.15) is 36.6 Å². The molecule has 2 amide bonds. The zero-order chi connectivity index (χ0) is 23.4. The summed E-state index contributed by atoms with van der Waals surface area (Å²) in [5, 5.41) is 5.72. The van der Waals surface area contributed by atoms with E-state index in [1.54, 1.807) is 23.5 Å². The first-order valence-corrected chi connectivity index (χ1v) is 11.1. The third-order valence-electron chi connectivity index (χ3n) is 5.48. The SMILES string of the molecule is O=COC1CCC(c2ncc(-c3ccc(NC(=O)Nc4cc(F)c(F)cc4F)cc3)s2)CC1. The van der Waals surface area contributed by atoms with Crippen molar-refractivity contribution < 1.29 is 27.5 Å². The average molecular weight is 475 g/mol. The molecule has 6 nitrogen and oxygen atoms in total. The molecule has 3 aromatic rings. The molecular formula is C23H20F3N3O3S. The Hall–Kier alpha value is -3.40. The first kappa shape index (κ1) is 22.8. The number of rotatable bonds is 6. The van der Waals surface area contributed by atoms with Gasteiger partial charge in [0.25, 0.3) is 6.47 Å². The van der Waals surface area contributed by atoms with Crippen molar-refractivity contribution in [2.75, 3.05) is 10.6 Å². The standard InChI is InChI=1S/C23H20F3N3O3S/c24-17-9-19(26)20(10-18(17)25)29-23(31)28-15-5-1-13(2-6-15)21-11-27-22(33-21)14-3-7-16(8-4-14)32-12-30/h1-2,5-6,9-12,14,16H,3-4,7-8H2,(H2,28,29,31). The lowest BCUT2D eigenvalue weighted by molar-refractivity contribution is -0.135. The summed E-state index contributed by atoms with van der Waals surface area (Å²) >= 11 is 1.60. The van der Waals surface area contributed by atoms with Gasteiger partial charge in [0.1, 0.15) is 11.9 Å². The molecule has 2 N–H and O–H groups in total. The third-order valence-corrected chi connectivity index (χ3v) is 6.69. The molecule has 1 aliphatic rings. The van der Waals surface area contributed by atoms with Crippen LogP contribution in [0.3, 0.4) is 0 Å². The summed E-state index contributed by atoms with van der Waals surface area (Å²) in [7, 11) is 0. The van der Waals surface area contributed by atoms with E-state index in [0.717, 1.165) is 41.1 Å². The van der Waals surface area contributed by atoms with Gasteiger partial charge in [-0.2, -0.15) is 0 Å². The highest BCUT2D eigenvalue weighted by atomic mass is 32.1. The van der Waals surface area contributed by atoms with Gasteiger partial charge in [0.15, 0.2) is 11.6 Å². The van der Waals surface area contributed by atoms with Gasteiger partial charge >= 0.3 is 6.03 Å². The third kappa shape index (κ3) is 5.51. The fourth-order valence-corrected chi connectivity index (χ4v) is 4.85. The summed E-state index contributed by atoms with van der Waals surface area (Å²) < 4.78 is 45.0. The molecule has 4 rings (SSSR count). The highest BCUT2D eigenvalue weighted by Crippen LogP contribution is 2.38. The van der Waals surface area contributed by atoms with Crippen molar-refractivity contribution >= 4 is 35.2 Å². The number of carbonyl (C=O) groups is 2. The minimum absolute atomic E-state index is 0.00555. The molecule has 1 saturated carbocycles. The minimum Gasteiger partial charge on any atom is -0.465 e. The molecule has 0 atom stereocenters. The summed E-state index contributed by atoms with van der Waals surface area (Å²) in [6.45, 7) is 0.509. The molecule has 0 radical (unpaired) electrons. The molecule has 1 aromatic heterocycles. The first-order valence-electron chi connectivity index (χ1n) is 10.3. The number of urea groups is 1. The van der Waals surface area contributed by atoms with Gasteiger partial charge in [0.2, 0.25) is 0 Å². The molecule has 1 heterocycles. The van der Waals surface area contributed by atoms with Crippen LogP contribution in [-0.4, -0.2) is 23.6 Å². The Morgan fingerprint density at radius 1 is 1.00 bits per heavy atom. The van der Waals surface area contributed by atoms with Crippen molar-refractivity contribution in [1.82, 2.24) is 4.98 Å². The molecule has 2 aromatic carbocycles. The second-order valence-electron chi connectivity index (χ2n) is 7.67. The van der Waals surface area contributed by atoms with E-state index in [2.05, 4.69) is 15.6 Å². The van der Waals surface area contributed by atoms with Gasteiger partial charge in [-0.15, -0.1) is 11.3 Å². The summed E-state index contributed by atoms with van der Waals surface area (Å²) in [5.74, 6) is -3.33. The number of halogens is 3. The normalized spacial score (nSPS) is 17.9. The maximum atomic E-state index is 13.7. The molecular weight excluding hydrogens is 455 g/mol. The Balaban J connectivity index is 1.35. The van der Waals surface area contributed by atoms with Crippen molar-refractivity contribution in [2.45, 2.75) is 37.7 Å². The first-order chi connectivity index (χ1) is 15.9.